The predicted molar refractivity (Wildman–Crippen MR) is 77.4 cm³/mol. The van der Waals surface area contributed by atoms with E-state index in [0.717, 1.165) is 12.7 Å². The fourth-order valence-corrected chi connectivity index (χ4v) is 1.97. The Hall–Kier alpha value is -0.720. The lowest BCUT2D eigenvalue weighted by molar-refractivity contribution is 0.473. The maximum atomic E-state index is 8.41. The summed E-state index contributed by atoms with van der Waals surface area (Å²) >= 11 is 0. The van der Waals surface area contributed by atoms with E-state index in [9.17, 15) is 0 Å². The van der Waals surface area contributed by atoms with Crippen molar-refractivity contribution in [3.8, 4) is 0 Å². The van der Waals surface area contributed by atoms with Crippen LogP contribution in [-0.2, 0) is 0 Å². The van der Waals surface area contributed by atoms with Gasteiger partial charge in [-0.15, -0.1) is 0 Å². The minimum Gasteiger partial charge on any atom is -0.516 e. The molecule has 1 nitrogen and oxygen atoms in total. The standard InChI is InChI=1S/C16H30O/c1-2-3-4-5-6-7-8-9-10-11-12-13-14-15-16-17/h13-17H,2-12H2,1H3/b14-13-,16-15-. The molecule has 0 aliphatic rings. The van der Waals surface area contributed by atoms with E-state index in [0.29, 0.717) is 0 Å². The first-order valence-electron chi connectivity index (χ1n) is 7.37. The number of allylic oxidation sites excluding steroid dienone is 3. The van der Waals surface area contributed by atoms with Gasteiger partial charge in [0.2, 0.25) is 0 Å². The Balaban J connectivity index is 2.98. The Labute approximate surface area is 108 Å². The van der Waals surface area contributed by atoms with Crippen LogP contribution in [0.4, 0.5) is 0 Å². The van der Waals surface area contributed by atoms with Crippen molar-refractivity contribution in [2.75, 3.05) is 0 Å². The molecule has 17 heavy (non-hydrogen) atoms. The highest BCUT2D eigenvalue weighted by Crippen LogP contribution is 2.11. The second-order valence-electron chi connectivity index (χ2n) is 4.74. The Morgan fingerprint density at radius 2 is 1.24 bits per heavy atom. The van der Waals surface area contributed by atoms with Gasteiger partial charge in [-0.2, -0.15) is 0 Å². The Morgan fingerprint density at radius 1 is 0.706 bits per heavy atom. The van der Waals surface area contributed by atoms with Gasteiger partial charge in [0, 0.05) is 0 Å². The molecule has 0 spiro atoms. The number of rotatable bonds is 12. The lowest BCUT2D eigenvalue weighted by Gasteiger charge is -2.01. The van der Waals surface area contributed by atoms with Crippen molar-refractivity contribution in [3.05, 3.63) is 24.5 Å². The Kier molecular flexibility index (Phi) is 14.6. The van der Waals surface area contributed by atoms with Crippen LogP contribution in [-0.4, -0.2) is 5.11 Å². The normalized spacial score (nSPS) is 11.8. The average Bonchev–Trinajstić information content (AvgIpc) is 2.35. The zero-order valence-corrected chi connectivity index (χ0v) is 11.5. The summed E-state index contributed by atoms with van der Waals surface area (Å²) in [6.45, 7) is 2.27. The first-order valence-corrected chi connectivity index (χ1v) is 7.37. The number of hydrogen-bond acceptors (Lipinski definition) is 1. The molecule has 0 rings (SSSR count). The lowest BCUT2D eigenvalue weighted by atomic mass is 10.1. The number of unbranched alkanes of at least 4 members (excludes halogenated alkanes) is 10. The summed E-state index contributed by atoms with van der Waals surface area (Å²) < 4.78 is 0. The average molecular weight is 238 g/mol. The van der Waals surface area contributed by atoms with Crippen molar-refractivity contribution in [2.24, 2.45) is 0 Å². The van der Waals surface area contributed by atoms with Gasteiger partial charge in [0.1, 0.15) is 0 Å². The molecule has 0 radical (unpaired) electrons. The summed E-state index contributed by atoms with van der Waals surface area (Å²) in [6, 6.07) is 0. The van der Waals surface area contributed by atoms with Gasteiger partial charge in [0.15, 0.2) is 0 Å². The SMILES string of the molecule is CCCCCCCCCCCC/C=C\C=C/O. The summed E-state index contributed by atoms with van der Waals surface area (Å²) in [4.78, 5) is 0. The Morgan fingerprint density at radius 3 is 1.76 bits per heavy atom. The zero-order valence-electron chi connectivity index (χ0n) is 11.5. The molecule has 1 heteroatoms. The monoisotopic (exact) mass is 238 g/mol. The number of aliphatic hydroxyl groups is 1. The van der Waals surface area contributed by atoms with Gasteiger partial charge in [-0.1, -0.05) is 76.9 Å². The molecule has 0 fully saturated rings. The smallest absolute Gasteiger partial charge is 0.0791 e. The molecule has 0 saturated carbocycles. The Bertz CT molecular complexity index is 182. The first kappa shape index (κ1) is 16.3. The van der Waals surface area contributed by atoms with E-state index in [2.05, 4.69) is 13.0 Å². The van der Waals surface area contributed by atoms with Gasteiger partial charge in [0.05, 0.1) is 6.26 Å². The molecule has 0 saturated heterocycles. The fourth-order valence-electron chi connectivity index (χ4n) is 1.97. The molecule has 0 aliphatic carbocycles. The highest BCUT2D eigenvalue weighted by Gasteiger charge is 1.91. The van der Waals surface area contributed by atoms with Gasteiger partial charge in [0.25, 0.3) is 0 Å². The van der Waals surface area contributed by atoms with E-state index >= 15 is 0 Å². The van der Waals surface area contributed by atoms with Gasteiger partial charge in [-0.25, -0.2) is 0 Å². The molecular weight excluding hydrogens is 208 g/mol. The van der Waals surface area contributed by atoms with Crippen LogP contribution in [0.2, 0.25) is 0 Å². The van der Waals surface area contributed by atoms with Gasteiger partial charge in [-0.05, 0) is 18.9 Å². The second kappa shape index (κ2) is 15.3. The molecule has 0 aliphatic heterocycles. The lowest BCUT2D eigenvalue weighted by Crippen LogP contribution is -1.81. The molecule has 0 bridgehead atoms. The summed E-state index contributed by atoms with van der Waals surface area (Å²) in [5.74, 6) is 0. The van der Waals surface area contributed by atoms with Crippen molar-refractivity contribution in [2.45, 2.75) is 77.6 Å². The third-order valence-corrected chi connectivity index (χ3v) is 3.06. The summed E-state index contributed by atoms with van der Waals surface area (Å²) in [5.41, 5.74) is 0. The zero-order chi connectivity index (χ0) is 12.6. The van der Waals surface area contributed by atoms with Crippen LogP contribution >= 0.6 is 0 Å². The van der Waals surface area contributed by atoms with Crippen LogP contribution in [0.3, 0.4) is 0 Å². The first-order chi connectivity index (χ1) is 8.41. The molecule has 0 aromatic rings. The van der Waals surface area contributed by atoms with Gasteiger partial charge < -0.3 is 5.11 Å². The quantitative estimate of drug-likeness (QED) is 0.254. The molecule has 0 aromatic carbocycles. The van der Waals surface area contributed by atoms with Crippen LogP contribution in [0.5, 0.6) is 0 Å². The maximum Gasteiger partial charge on any atom is 0.0791 e. The minimum absolute atomic E-state index is 1.08. The molecule has 0 heterocycles. The number of aliphatic hydroxyl groups excluding tert-OH is 1. The maximum absolute atomic E-state index is 8.41. The second-order valence-corrected chi connectivity index (χ2v) is 4.74. The van der Waals surface area contributed by atoms with Crippen LogP contribution in [0.1, 0.15) is 77.6 Å². The molecule has 0 atom stereocenters. The molecule has 0 amide bonds. The molecule has 1 N–H and O–H groups in total. The highest BCUT2D eigenvalue weighted by atomic mass is 16.2. The van der Waals surface area contributed by atoms with Crippen molar-refractivity contribution in [3.63, 3.8) is 0 Å². The third kappa shape index (κ3) is 15.3. The summed E-state index contributed by atoms with van der Waals surface area (Å²) in [7, 11) is 0. The van der Waals surface area contributed by atoms with Gasteiger partial charge >= 0.3 is 0 Å². The van der Waals surface area contributed by atoms with E-state index in [4.69, 9.17) is 5.11 Å². The van der Waals surface area contributed by atoms with Crippen molar-refractivity contribution < 1.29 is 5.11 Å². The fraction of sp³-hybridized carbons (Fsp3) is 0.750. The van der Waals surface area contributed by atoms with E-state index in [1.165, 1.54) is 64.2 Å². The summed E-state index contributed by atoms with van der Waals surface area (Å²) in [6.07, 6.45) is 21.8. The van der Waals surface area contributed by atoms with Crippen LogP contribution in [0.25, 0.3) is 0 Å². The summed E-state index contributed by atoms with van der Waals surface area (Å²) in [5, 5.41) is 8.41. The molecular formula is C16H30O. The van der Waals surface area contributed by atoms with E-state index in [1.54, 1.807) is 6.08 Å². The van der Waals surface area contributed by atoms with E-state index in [-0.39, 0.29) is 0 Å². The molecule has 0 aromatic heterocycles. The highest BCUT2D eigenvalue weighted by molar-refractivity contribution is 4.98. The van der Waals surface area contributed by atoms with Crippen LogP contribution < -0.4 is 0 Å². The van der Waals surface area contributed by atoms with Crippen LogP contribution in [0, 0.1) is 0 Å². The van der Waals surface area contributed by atoms with Crippen molar-refractivity contribution in [1.82, 2.24) is 0 Å². The molecule has 100 valence electrons. The van der Waals surface area contributed by atoms with Crippen LogP contribution in [0.15, 0.2) is 24.5 Å². The van der Waals surface area contributed by atoms with E-state index in [1.807, 2.05) is 6.08 Å². The third-order valence-electron chi connectivity index (χ3n) is 3.06. The minimum atomic E-state index is 1.08. The van der Waals surface area contributed by atoms with Gasteiger partial charge in [-0.3, -0.25) is 0 Å². The topological polar surface area (TPSA) is 20.2 Å². The number of hydrogen-bond donors (Lipinski definition) is 1. The largest absolute Gasteiger partial charge is 0.516 e. The van der Waals surface area contributed by atoms with Crippen molar-refractivity contribution in [1.29, 1.82) is 0 Å². The predicted octanol–water partition coefficient (Wildman–Crippen LogP) is 5.93. The van der Waals surface area contributed by atoms with E-state index < -0.39 is 0 Å². The van der Waals surface area contributed by atoms with Crippen molar-refractivity contribution >= 4 is 0 Å². The molecule has 0 unspecified atom stereocenters.